The molecule has 0 atom stereocenters. The minimum absolute atomic E-state index is 0.0468. The summed E-state index contributed by atoms with van der Waals surface area (Å²) in [6.07, 6.45) is 2.98. The second-order valence-corrected chi connectivity index (χ2v) is 7.37. The predicted molar refractivity (Wildman–Crippen MR) is 92.5 cm³/mol. The molecule has 0 aliphatic heterocycles. The van der Waals surface area contributed by atoms with E-state index in [0.29, 0.717) is 22.0 Å². The molecule has 0 aliphatic rings. The minimum atomic E-state index is -0.502. The Bertz CT molecular complexity index is 992. The van der Waals surface area contributed by atoms with Crippen LogP contribution in [-0.2, 0) is 19.5 Å². The molecule has 8 nitrogen and oxygen atoms in total. The van der Waals surface area contributed by atoms with E-state index in [9.17, 15) is 9.59 Å². The third kappa shape index (κ3) is 2.71. The second kappa shape index (κ2) is 5.52. The molecule has 126 valence electrons. The van der Waals surface area contributed by atoms with Crippen LogP contribution in [0.15, 0.2) is 17.2 Å². The molecule has 0 spiro atoms. The lowest BCUT2D eigenvalue weighted by Gasteiger charge is -2.12. The summed E-state index contributed by atoms with van der Waals surface area (Å²) in [4.78, 5) is 29.3. The second-order valence-electron chi connectivity index (χ2n) is 6.62. The van der Waals surface area contributed by atoms with Crippen LogP contribution in [0.4, 0.5) is 5.13 Å². The number of aromatic nitrogens is 5. The summed E-state index contributed by atoms with van der Waals surface area (Å²) in [6, 6.07) is 0. The van der Waals surface area contributed by atoms with Crippen molar-refractivity contribution >= 4 is 33.6 Å². The predicted octanol–water partition coefficient (Wildman–Crippen LogP) is 1.67. The Hall–Kier alpha value is -2.55. The average molecular weight is 346 g/mol. The zero-order chi connectivity index (χ0) is 17.6. The molecule has 9 heteroatoms. The summed E-state index contributed by atoms with van der Waals surface area (Å²) in [7, 11) is 3.51. The molecule has 0 radical (unpaired) electrons. The number of rotatable bonds is 2. The molecule has 3 aromatic rings. The number of amides is 1. The van der Waals surface area contributed by atoms with Gasteiger partial charge in [-0.2, -0.15) is 9.47 Å². The Morgan fingerprint density at radius 3 is 2.62 bits per heavy atom. The van der Waals surface area contributed by atoms with Crippen LogP contribution in [0.25, 0.3) is 11.0 Å². The summed E-state index contributed by atoms with van der Waals surface area (Å²) in [5.74, 6) is 0.149. The Kier molecular flexibility index (Phi) is 3.75. The van der Waals surface area contributed by atoms with Gasteiger partial charge in [-0.25, -0.2) is 4.98 Å². The van der Waals surface area contributed by atoms with Gasteiger partial charge in [-0.15, -0.1) is 0 Å². The van der Waals surface area contributed by atoms with Gasteiger partial charge in [0.1, 0.15) is 17.0 Å². The molecule has 0 saturated carbocycles. The Labute approximate surface area is 142 Å². The van der Waals surface area contributed by atoms with Crippen molar-refractivity contribution in [3.05, 3.63) is 34.0 Å². The van der Waals surface area contributed by atoms with Crippen LogP contribution < -0.4 is 10.7 Å². The third-order valence-electron chi connectivity index (χ3n) is 3.62. The molecule has 0 saturated heterocycles. The topological polar surface area (TPSA) is 94.7 Å². The van der Waals surface area contributed by atoms with E-state index in [-0.39, 0.29) is 16.4 Å². The van der Waals surface area contributed by atoms with Crippen LogP contribution in [0, 0.1) is 0 Å². The molecule has 1 amide bonds. The zero-order valence-electron chi connectivity index (χ0n) is 14.1. The normalized spacial score (nSPS) is 11.9. The maximum Gasteiger partial charge on any atom is 0.262 e. The van der Waals surface area contributed by atoms with Crippen LogP contribution in [0.1, 0.15) is 37.0 Å². The lowest BCUT2D eigenvalue weighted by Crippen LogP contribution is -2.23. The summed E-state index contributed by atoms with van der Waals surface area (Å²) in [5, 5.41) is 7.51. The van der Waals surface area contributed by atoms with Crippen molar-refractivity contribution in [3.63, 3.8) is 0 Å². The standard InChI is InChI=1S/C15H18N6O2S/c1-15(2,3)13-18-14(24-19-13)17-11(23)9-7-20(4)12-8(10(9)22)6-16-21(12)5/h6-7H,1-5H3,(H,17,18,19,23). The first-order valence-electron chi connectivity index (χ1n) is 7.35. The van der Waals surface area contributed by atoms with Crippen molar-refractivity contribution in [2.45, 2.75) is 26.2 Å². The van der Waals surface area contributed by atoms with Crippen LogP contribution in [0.3, 0.4) is 0 Å². The number of aryl methyl sites for hydroxylation is 2. The van der Waals surface area contributed by atoms with Gasteiger partial charge in [0.2, 0.25) is 10.6 Å². The smallest absolute Gasteiger partial charge is 0.262 e. The summed E-state index contributed by atoms with van der Waals surface area (Å²) in [5.41, 5.74) is 0.145. The highest BCUT2D eigenvalue weighted by Gasteiger charge is 2.22. The van der Waals surface area contributed by atoms with Gasteiger partial charge < -0.3 is 4.57 Å². The highest BCUT2D eigenvalue weighted by Crippen LogP contribution is 2.23. The molecule has 0 aliphatic carbocycles. The summed E-state index contributed by atoms with van der Waals surface area (Å²) in [6.45, 7) is 5.98. The molecule has 0 aromatic carbocycles. The quantitative estimate of drug-likeness (QED) is 0.762. The number of carbonyl (C=O) groups is 1. The molecule has 24 heavy (non-hydrogen) atoms. The van der Waals surface area contributed by atoms with Crippen molar-refractivity contribution < 1.29 is 4.79 Å². The maximum atomic E-state index is 12.5. The zero-order valence-corrected chi connectivity index (χ0v) is 14.9. The van der Waals surface area contributed by atoms with E-state index in [1.165, 1.54) is 12.4 Å². The fourth-order valence-electron chi connectivity index (χ4n) is 2.37. The van der Waals surface area contributed by atoms with Gasteiger partial charge in [-0.3, -0.25) is 19.6 Å². The van der Waals surface area contributed by atoms with E-state index in [4.69, 9.17) is 0 Å². The molecule has 3 rings (SSSR count). The number of nitrogens with one attached hydrogen (secondary N) is 1. The number of nitrogens with zero attached hydrogens (tertiary/aromatic N) is 5. The SMILES string of the molecule is Cn1cc(C(=O)Nc2nc(C(C)(C)C)ns2)c(=O)c2cnn(C)c21. The number of hydrogen-bond donors (Lipinski definition) is 1. The number of carbonyl (C=O) groups excluding carboxylic acids is 1. The molecule has 1 N–H and O–H groups in total. The number of pyridine rings is 1. The minimum Gasteiger partial charge on any atom is -0.335 e. The highest BCUT2D eigenvalue weighted by atomic mass is 32.1. The van der Waals surface area contributed by atoms with Crippen molar-refractivity contribution in [2.75, 3.05) is 5.32 Å². The molecule has 3 aromatic heterocycles. The lowest BCUT2D eigenvalue weighted by atomic mass is 9.96. The van der Waals surface area contributed by atoms with Crippen molar-refractivity contribution in [1.82, 2.24) is 23.7 Å². The Balaban J connectivity index is 1.96. The number of hydrogen-bond acceptors (Lipinski definition) is 6. The van der Waals surface area contributed by atoms with E-state index < -0.39 is 5.91 Å². The number of fused-ring (bicyclic) bond motifs is 1. The van der Waals surface area contributed by atoms with Gasteiger partial charge in [0.15, 0.2) is 0 Å². The first kappa shape index (κ1) is 16.3. The van der Waals surface area contributed by atoms with Crippen LogP contribution >= 0.6 is 11.5 Å². The summed E-state index contributed by atoms with van der Waals surface area (Å²) < 4.78 is 7.55. The largest absolute Gasteiger partial charge is 0.335 e. The van der Waals surface area contributed by atoms with E-state index >= 15 is 0 Å². The summed E-state index contributed by atoms with van der Waals surface area (Å²) >= 11 is 1.10. The molecular weight excluding hydrogens is 328 g/mol. The van der Waals surface area contributed by atoms with Crippen LogP contribution in [0.2, 0.25) is 0 Å². The van der Waals surface area contributed by atoms with Gasteiger partial charge in [-0.1, -0.05) is 20.8 Å². The maximum absolute atomic E-state index is 12.5. The van der Waals surface area contributed by atoms with Gasteiger partial charge in [-0.05, 0) is 0 Å². The lowest BCUT2D eigenvalue weighted by molar-refractivity contribution is 0.102. The van der Waals surface area contributed by atoms with E-state index in [2.05, 4.69) is 19.8 Å². The van der Waals surface area contributed by atoms with Crippen LogP contribution in [0.5, 0.6) is 0 Å². The van der Waals surface area contributed by atoms with E-state index in [0.717, 1.165) is 11.5 Å². The van der Waals surface area contributed by atoms with Crippen molar-refractivity contribution in [2.24, 2.45) is 14.1 Å². The molecule has 3 heterocycles. The average Bonchev–Trinajstić information content (AvgIpc) is 3.09. The Morgan fingerprint density at radius 1 is 1.29 bits per heavy atom. The molecule has 0 fully saturated rings. The van der Waals surface area contributed by atoms with Gasteiger partial charge in [0, 0.05) is 37.2 Å². The highest BCUT2D eigenvalue weighted by molar-refractivity contribution is 7.09. The first-order valence-corrected chi connectivity index (χ1v) is 8.12. The first-order chi connectivity index (χ1) is 11.2. The van der Waals surface area contributed by atoms with Crippen molar-refractivity contribution in [3.8, 4) is 0 Å². The fourth-order valence-corrected chi connectivity index (χ4v) is 3.13. The van der Waals surface area contributed by atoms with Crippen molar-refractivity contribution in [1.29, 1.82) is 0 Å². The van der Waals surface area contributed by atoms with E-state index in [1.807, 2.05) is 20.8 Å². The van der Waals surface area contributed by atoms with Gasteiger partial charge >= 0.3 is 0 Å². The monoisotopic (exact) mass is 346 g/mol. The Morgan fingerprint density at radius 2 is 2.00 bits per heavy atom. The molecule has 0 unspecified atom stereocenters. The molecule has 0 bridgehead atoms. The fraction of sp³-hybridized carbons (Fsp3) is 0.400. The molecular formula is C15H18N6O2S. The van der Waals surface area contributed by atoms with E-state index in [1.54, 1.807) is 23.3 Å². The van der Waals surface area contributed by atoms with Gasteiger partial charge in [0.25, 0.3) is 5.91 Å². The van der Waals surface area contributed by atoms with Crippen LogP contribution in [-0.4, -0.2) is 29.6 Å². The van der Waals surface area contributed by atoms with Gasteiger partial charge in [0.05, 0.1) is 11.6 Å². The number of anilines is 1. The third-order valence-corrected chi connectivity index (χ3v) is 4.25.